The zero-order valence-corrected chi connectivity index (χ0v) is 11.5. The molecule has 0 N–H and O–H groups in total. The van der Waals surface area contributed by atoms with Gasteiger partial charge >= 0.3 is 0 Å². The number of rotatable bonds is 3. The maximum Gasteiger partial charge on any atom is 0.116 e. The summed E-state index contributed by atoms with van der Waals surface area (Å²) in [6, 6.07) is 18.9. The highest BCUT2D eigenvalue weighted by atomic mass is 32.2. The van der Waals surface area contributed by atoms with Gasteiger partial charge in [0, 0.05) is 21.6 Å². The van der Waals surface area contributed by atoms with Gasteiger partial charge in [0.1, 0.15) is 6.33 Å². The summed E-state index contributed by atoms with van der Waals surface area (Å²) in [5, 5.41) is 0. The standard InChI is InChI=1S/C16H12N2OS/c19-20(14-4-2-1-3-5-14)15-8-6-13(7-9-15)16-10-11-17-12-18-16/h1-12H. The maximum absolute atomic E-state index is 12.4. The highest BCUT2D eigenvalue weighted by molar-refractivity contribution is 7.85. The van der Waals surface area contributed by atoms with Crippen molar-refractivity contribution in [3.8, 4) is 11.3 Å². The molecular formula is C16H12N2OS. The predicted octanol–water partition coefficient (Wildman–Crippen LogP) is 3.31. The summed E-state index contributed by atoms with van der Waals surface area (Å²) in [5.41, 5.74) is 1.85. The van der Waals surface area contributed by atoms with Gasteiger partial charge < -0.3 is 0 Å². The topological polar surface area (TPSA) is 42.9 Å². The minimum Gasteiger partial charge on any atom is -0.249 e. The Balaban J connectivity index is 1.89. The van der Waals surface area contributed by atoms with E-state index >= 15 is 0 Å². The van der Waals surface area contributed by atoms with Crippen LogP contribution < -0.4 is 0 Å². The SMILES string of the molecule is O=S(c1ccccc1)c1ccc(-c2ccncn2)cc1. The fourth-order valence-electron chi connectivity index (χ4n) is 1.89. The van der Waals surface area contributed by atoms with E-state index < -0.39 is 10.8 Å². The molecule has 20 heavy (non-hydrogen) atoms. The van der Waals surface area contributed by atoms with Gasteiger partial charge in [-0.3, -0.25) is 0 Å². The van der Waals surface area contributed by atoms with Crippen LogP contribution in [0.2, 0.25) is 0 Å². The van der Waals surface area contributed by atoms with Gasteiger partial charge in [-0.2, -0.15) is 0 Å². The monoisotopic (exact) mass is 280 g/mol. The van der Waals surface area contributed by atoms with Crippen LogP contribution in [0.1, 0.15) is 0 Å². The molecule has 0 saturated carbocycles. The molecular weight excluding hydrogens is 268 g/mol. The smallest absolute Gasteiger partial charge is 0.116 e. The predicted molar refractivity (Wildman–Crippen MR) is 78.6 cm³/mol. The van der Waals surface area contributed by atoms with Crippen molar-refractivity contribution in [3.63, 3.8) is 0 Å². The average Bonchev–Trinajstić information content (AvgIpc) is 2.56. The van der Waals surface area contributed by atoms with Gasteiger partial charge in [-0.05, 0) is 30.3 Å². The van der Waals surface area contributed by atoms with Crippen molar-refractivity contribution in [1.29, 1.82) is 0 Å². The summed E-state index contributed by atoms with van der Waals surface area (Å²) in [4.78, 5) is 9.69. The molecule has 1 aromatic heterocycles. The molecule has 0 spiro atoms. The van der Waals surface area contributed by atoms with Gasteiger partial charge in [-0.1, -0.05) is 30.3 Å². The van der Waals surface area contributed by atoms with Crippen LogP contribution in [0.5, 0.6) is 0 Å². The van der Waals surface area contributed by atoms with E-state index in [1.807, 2.05) is 60.7 Å². The van der Waals surface area contributed by atoms with Crippen LogP contribution in [0, 0.1) is 0 Å². The fourth-order valence-corrected chi connectivity index (χ4v) is 2.95. The van der Waals surface area contributed by atoms with E-state index in [0.29, 0.717) is 0 Å². The Bertz CT molecular complexity index is 712. The Kier molecular flexibility index (Phi) is 3.65. The van der Waals surface area contributed by atoms with E-state index in [4.69, 9.17) is 0 Å². The van der Waals surface area contributed by atoms with Gasteiger partial charge in [0.15, 0.2) is 0 Å². The Hall–Kier alpha value is -2.33. The molecule has 3 aromatic rings. The molecule has 0 bridgehead atoms. The van der Waals surface area contributed by atoms with Crippen LogP contribution in [0.25, 0.3) is 11.3 Å². The van der Waals surface area contributed by atoms with E-state index in [1.165, 1.54) is 6.33 Å². The first kappa shape index (κ1) is 12.7. The number of benzene rings is 2. The Morgan fingerprint density at radius 2 is 1.50 bits per heavy atom. The van der Waals surface area contributed by atoms with Gasteiger partial charge in [0.05, 0.1) is 16.5 Å². The van der Waals surface area contributed by atoms with Crippen molar-refractivity contribution >= 4 is 10.8 Å². The third-order valence-electron chi connectivity index (χ3n) is 2.90. The molecule has 0 fully saturated rings. The molecule has 0 aliphatic rings. The van der Waals surface area contributed by atoms with E-state index in [9.17, 15) is 4.21 Å². The summed E-state index contributed by atoms with van der Waals surface area (Å²) in [6.07, 6.45) is 3.23. The molecule has 2 aromatic carbocycles. The van der Waals surface area contributed by atoms with Crippen LogP contribution in [-0.2, 0) is 10.8 Å². The molecule has 0 saturated heterocycles. The lowest BCUT2D eigenvalue weighted by Gasteiger charge is -2.04. The molecule has 3 rings (SSSR count). The number of hydrogen-bond donors (Lipinski definition) is 0. The summed E-state index contributed by atoms with van der Waals surface area (Å²) < 4.78 is 12.4. The van der Waals surface area contributed by atoms with Crippen molar-refractivity contribution in [2.24, 2.45) is 0 Å². The van der Waals surface area contributed by atoms with Crippen LogP contribution in [0.4, 0.5) is 0 Å². The van der Waals surface area contributed by atoms with Crippen molar-refractivity contribution in [1.82, 2.24) is 9.97 Å². The lowest BCUT2D eigenvalue weighted by Crippen LogP contribution is -1.92. The van der Waals surface area contributed by atoms with E-state index in [0.717, 1.165) is 21.0 Å². The molecule has 3 nitrogen and oxygen atoms in total. The molecule has 0 aliphatic carbocycles. The minimum absolute atomic E-state index is 0.786. The quantitative estimate of drug-likeness (QED) is 0.739. The largest absolute Gasteiger partial charge is 0.249 e. The molecule has 0 amide bonds. The molecule has 0 radical (unpaired) electrons. The fraction of sp³-hybridized carbons (Fsp3) is 0. The van der Waals surface area contributed by atoms with Crippen molar-refractivity contribution < 1.29 is 4.21 Å². The second-order valence-electron chi connectivity index (χ2n) is 4.20. The first-order valence-corrected chi connectivity index (χ1v) is 7.33. The van der Waals surface area contributed by atoms with Gasteiger partial charge in [-0.25, -0.2) is 14.2 Å². The number of hydrogen-bond acceptors (Lipinski definition) is 3. The maximum atomic E-state index is 12.4. The van der Waals surface area contributed by atoms with Crippen LogP contribution >= 0.6 is 0 Å². The lowest BCUT2D eigenvalue weighted by atomic mass is 10.1. The second kappa shape index (κ2) is 5.75. The van der Waals surface area contributed by atoms with Crippen LogP contribution in [-0.4, -0.2) is 14.2 Å². The van der Waals surface area contributed by atoms with Crippen LogP contribution in [0.15, 0.2) is 83.0 Å². The lowest BCUT2D eigenvalue weighted by molar-refractivity contribution is 0.683. The third-order valence-corrected chi connectivity index (χ3v) is 4.30. The van der Waals surface area contributed by atoms with Gasteiger partial charge in [0.2, 0.25) is 0 Å². The first-order valence-electron chi connectivity index (χ1n) is 6.18. The molecule has 98 valence electrons. The highest BCUT2D eigenvalue weighted by Crippen LogP contribution is 2.21. The van der Waals surface area contributed by atoms with Crippen molar-refractivity contribution in [2.45, 2.75) is 9.79 Å². The van der Waals surface area contributed by atoms with E-state index in [1.54, 1.807) is 6.20 Å². The zero-order chi connectivity index (χ0) is 13.8. The average molecular weight is 280 g/mol. The summed E-state index contributed by atoms with van der Waals surface area (Å²) in [7, 11) is -1.14. The summed E-state index contributed by atoms with van der Waals surface area (Å²) >= 11 is 0. The Morgan fingerprint density at radius 3 is 2.15 bits per heavy atom. The van der Waals surface area contributed by atoms with Crippen LogP contribution in [0.3, 0.4) is 0 Å². The highest BCUT2D eigenvalue weighted by Gasteiger charge is 2.07. The Labute approximate surface area is 119 Å². The molecule has 4 heteroatoms. The summed E-state index contributed by atoms with van der Waals surface area (Å²) in [6.45, 7) is 0. The third kappa shape index (κ3) is 2.65. The van der Waals surface area contributed by atoms with E-state index in [2.05, 4.69) is 9.97 Å². The summed E-state index contributed by atoms with van der Waals surface area (Å²) in [5.74, 6) is 0. The van der Waals surface area contributed by atoms with Gasteiger partial charge in [-0.15, -0.1) is 0 Å². The minimum atomic E-state index is -1.14. The molecule has 0 aliphatic heterocycles. The van der Waals surface area contributed by atoms with Crippen molar-refractivity contribution in [2.75, 3.05) is 0 Å². The normalized spacial score (nSPS) is 12.0. The number of aromatic nitrogens is 2. The molecule has 1 heterocycles. The second-order valence-corrected chi connectivity index (χ2v) is 5.68. The molecule has 1 atom stereocenters. The van der Waals surface area contributed by atoms with Crippen molar-refractivity contribution in [3.05, 3.63) is 73.2 Å². The van der Waals surface area contributed by atoms with E-state index in [-0.39, 0.29) is 0 Å². The molecule has 1 unspecified atom stereocenters. The first-order chi connectivity index (χ1) is 9.84. The zero-order valence-electron chi connectivity index (χ0n) is 10.6. The van der Waals surface area contributed by atoms with Gasteiger partial charge in [0.25, 0.3) is 0 Å². The number of nitrogens with zero attached hydrogens (tertiary/aromatic N) is 2. The Morgan fingerprint density at radius 1 is 0.800 bits per heavy atom.